The molecule has 27 heavy (non-hydrogen) atoms. The normalized spacial score (nSPS) is 14.8. The van der Waals surface area contributed by atoms with Crippen molar-refractivity contribution >= 4 is 11.8 Å². The fourth-order valence-electron chi connectivity index (χ4n) is 3.30. The first kappa shape index (κ1) is 19.0. The maximum Gasteiger partial charge on any atom is 0.289 e. The van der Waals surface area contributed by atoms with E-state index in [1.54, 1.807) is 17.0 Å². The number of carbonyl (C=O) groups is 2. The number of likely N-dealkylation sites (tertiary alicyclic amines) is 1. The van der Waals surface area contributed by atoms with E-state index in [1.165, 1.54) is 11.8 Å². The molecule has 1 aliphatic rings. The number of ether oxygens (including phenoxy) is 1. The molecule has 0 unspecified atom stereocenters. The smallest absolute Gasteiger partial charge is 0.289 e. The molecule has 1 saturated heterocycles. The lowest BCUT2D eigenvalue weighted by atomic mass is 10.0. The Kier molecular flexibility index (Phi) is 6.16. The monoisotopic (exact) mass is 370 g/mol. The molecule has 1 aromatic heterocycles. The fraction of sp³-hybridized carbons (Fsp3) is 0.429. The van der Waals surface area contributed by atoms with Crippen LogP contribution in [0.25, 0.3) is 0 Å². The summed E-state index contributed by atoms with van der Waals surface area (Å²) in [5.74, 6) is 1.07. The summed E-state index contributed by atoms with van der Waals surface area (Å²) < 4.78 is 10.9. The number of benzene rings is 1. The van der Waals surface area contributed by atoms with Crippen LogP contribution < -0.4 is 10.1 Å². The molecule has 2 amide bonds. The van der Waals surface area contributed by atoms with Gasteiger partial charge in [-0.1, -0.05) is 17.7 Å². The predicted octanol–water partition coefficient (Wildman–Crippen LogP) is 3.09. The molecule has 0 aliphatic carbocycles. The Bertz CT molecular complexity index is 777. The zero-order valence-electron chi connectivity index (χ0n) is 15.9. The van der Waals surface area contributed by atoms with Crippen molar-refractivity contribution in [2.24, 2.45) is 0 Å². The molecule has 0 radical (unpaired) electrons. The average Bonchev–Trinajstić information content (AvgIpc) is 3.18. The van der Waals surface area contributed by atoms with E-state index in [-0.39, 0.29) is 17.9 Å². The van der Waals surface area contributed by atoms with E-state index in [4.69, 9.17) is 9.15 Å². The van der Waals surface area contributed by atoms with Crippen LogP contribution in [-0.2, 0) is 4.79 Å². The molecule has 6 heteroatoms. The molecule has 0 bridgehead atoms. The minimum Gasteiger partial charge on any atom is -0.493 e. The van der Waals surface area contributed by atoms with Gasteiger partial charge in [0, 0.05) is 19.1 Å². The quantitative estimate of drug-likeness (QED) is 0.848. The van der Waals surface area contributed by atoms with Gasteiger partial charge in [0.05, 0.1) is 19.3 Å². The van der Waals surface area contributed by atoms with E-state index < -0.39 is 0 Å². The zero-order chi connectivity index (χ0) is 19.2. The van der Waals surface area contributed by atoms with Crippen molar-refractivity contribution in [1.29, 1.82) is 0 Å². The number of nitrogens with zero attached hydrogens (tertiary/aromatic N) is 1. The van der Waals surface area contributed by atoms with Gasteiger partial charge in [0.15, 0.2) is 5.76 Å². The number of nitrogens with one attached hydrogen (secondary N) is 1. The molecular formula is C21H26N2O4. The Morgan fingerprint density at radius 2 is 2.00 bits per heavy atom. The molecule has 2 heterocycles. The van der Waals surface area contributed by atoms with Crippen LogP contribution in [0.1, 0.15) is 40.9 Å². The number of carbonyl (C=O) groups excluding carboxylic acids is 2. The fourth-order valence-corrected chi connectivity index (χ4v) is 3.30. The second-order valence-corrected chi connectivity index (χ2v) is 6.98. The summed E-state index contributed by atoms with van der Waals surface area (Å²) in [5, 5.41) is 3.04. The van der Waals surface area contributed by atoms with Crippen molar-refractivity contribution in [3.63, 3.8) is 0 Å². The molecule has 1 fully saturated rings. The molecule has 1 aliphatic heterocycles. The average molecular weight is 370 g/mol. The van der Waals surface area contributed by atoms with Gasteiger partial charge in [-0.3, -0.25) is 9.59 Å². The molecule has 1 N–H and O–H groups in total. The number of amides is 2. The van der Waals surface area contributed by atoms with Gasteiger partial charge in [-0.2, -0.15) is 0 Å². The molecule has 0 atom stereocenters. The SMILES string of the molecule is Cc1ccc(OCCC(=O)NC2CCN(C(=O)c3ccco3)CC2)c(C)c1. The van der Waals surface area contributed by atoms with E-state index in [0.29, 0.717) is 31.9 Å². The van der Waals surface area contributed by atoms with Gasteiger partial charge in [-0.25, -0.2) is 0 Å². The van der Waals surface area contributed by atoms with Crippen molar-refractivity contribution in [3.05, 3.63) is 53.5 Å². The van der Waals surface area contributed by atoms with Gasteiger partial charge in [0.2, 0.25) is 5.91 Å². The lowest BCUT2D eigenvalue weighted by Crippen LogP contribution is -2.46. The molecule has 0 saturated carbocycles. The maximum atomic E-state index is 12.2. The van der Waals surface area contributed by atoms with E-state index in [9.17, 15) is 9.59 Å². The summed E-state index contributed by atoms with van der Waals surface area (Å²) in [7, 11) is 0. The number of rotatable bonds is 6. The Hall–Kier alpha value is -2.76. The highest BCUT2D eigenvalue weighted by Crippen LogP contribution is 2.19. The van der Waals surface area contributed by atoms with Gasteiger partial charge >= 0.3 is 0 Å². The van der Waals surface area contributed by atoms with Crippen molar-refractivity contribution < 1.29 is 18.7 Å². The van der Waals surface area contributed by atoms with Crippen LogP contribution in [0.15, 0.2) is 41.0 Å². The Labute approximate surface area is 159 Å². The summed E-state index contributed by atoms with van der Waals surface area (Å²) >= 11 is 0. The zero-order valence-corrected chi connectivity index (χ0v) is 15.9. The standard InChI is InChI=1S/C21H26N2O4/c1-15-5-6-18(16(2)14-15)27-13-9-20(24)22-17-7-10-23(11-8-17)21(25)19-4-3-12-26-19/h3-6,12,14,17H,7-11,13H2,1-2H3,(H,22,24). The summed E-state index contributed by atoms with van der Waals surface area (Å²) in [4.78, 5) is 26.2. The van der Waals surface area contributed by atoms with Crippen LogP contribution >= 0.6 is 0 Å². The Morgan fingerprint density at radius 3 is 2.67 bits per heavy atom. The second kappa shape index (κ2) is 8.75. The molecular weight excluding hydrogens is 344 g/mol. The highest BCUT2D eigenvalue weighted by Gasteiger charge is 2.25. The summed E-state index contributed by atoms with van der Waals surface area (Å²) in [5.41, 5.74) is 2.26. The van der Waals surface area contributed by atoms with Crippen LogP contribution in [0.5, 0.6) is 5.75 Å². The lowest BCUT2D eigenvalue weighted by Gasteiger charge is -2.31. The van der Waals surface area contributed by atoms with E-state index in [2.05, 4.69) is 11.4 Å². The first-order valence-corrected chi connectivity index (χ1v) is 9.35. The third-order valence-electron chi connectivity index (χ3n) is 4.80. The van der Waals surface area contributed by atoms with Crippen LogP contribution in [0.3, 0.4) is 0 Å². The first-order chi connectivity index (χ1) is 13.0. The van der Waals surface area contributed by atoms with E-state index in [1.807, 2.05) is 26.0 Å². The van der Waals surface area contributed by atoms with Crippen molar-refractivity contribution in [2.75, 3.05) is 19.7 Å². The molecule has 3 rings (SSSR count). The number of furan rings is 1. The Morgan fingerprint density at radius 1 is 1.22 bits per heavy atom. The van der Waals surface area contributed by atoms with Crippen molar-refractivity contribution in [3.8, 4) is 5.75 Å². The number of hydrogen-bond donors (Lipinski definition) is 1. The molecule has 0 spiro atoms. The van der Waals surface area contributed by atoms with E-state index >= 15 is 0 Å². The summed E-state index contributed by atoms with van der Waals surface area (Å²) in [6, 6.07) is 9.48. The summed E-state index contributed by atoms with van der Waals surface area (Å²) in [6.45, 7) is 5.62. The van der Waals surface area contributed by atoms with Crippen LogP contribution in [0.4, 0.5) is 0 Å². The van der Waals surface area contributed by atoms with E-state index in [0.717, 1.165) is 24.2 Å². The minimum absolute atomic E-state index is 0.0180. The third kappa shape index (κ3) is 5.12. The third-order valence-corrected chi connectivity index (χ3v) is 4.80. The van der Waals surface area contributed by atoms with Gasteiger partial charge in [-0.15, -0.1) is 0 Å². The van der Waals surface area contributed by atoms with Crippen LogP contribution in [0, 0.1) is 13.8 Å². The van der Waals surface area contributed by atoms with Gasteiger partial charge in [0.1, 0.15) is 5.75 Å². The highest BCUT2D eigenvalue weighted by molar-refractivity contribution is 5.91. The molecule has 6 nitrogen and oxygen atoms in total. The number of piperidine rings is 1. The highest BCUT2D eigenvalue weighted by atomic mass is 16.5. The number of aryl methyl sites for hydroxylation is 2. The topological polar surface area (TPSA) is 71.8 Å². The van der Waals surface area contributed by atoms with Crippen molar-refractivity contribution in [1.82, 2.24) is 10.2 Å². The minimum atomic E-state index is -0.0911. The van der Waals surface area contributed by atoms with Gasteiger partial charge in [-0.05, 0) is 50.5 Å². The first-order valence-electron chi connectivity index (χ1n) is 9.35. The molecule has 1 aromatic carbocycles. The second-order valence-electron chi connectivity index (χ2n) is 6.98. The number of hydrogen-bond acceptors (Lipinski definition) is 4. The lowest BCUT2D eigenvalue weighted by molar-refractivity contribution is -0.122. The van der Waals surface area contributed by atoms with Gasteiger partial charge < -0.3 is 19.4 Å². The van der Waals surface area contributed by atoms with Gasteiger partial charge in [0.25, 0.3) is 5.91 Å². The van der Waals surface area contributed by atoms with Crippen molar-refractivity contribution in [2.45, 2.75) is 39.2 Å². The largest absolute Gasteiger partial charge is 0.493 e. The van der Waals surface area contributed by atoms with Crippen LogP contribution in [-0.4, -0.2) is 42.5 Å². The molecule has 144 valence electrons. The Balaban J connectivity index is 1.37. The predicted molar refractivity (Wildman–Crippen MR) is 102 cm³/mol. The van der Waals surface area contributed by atoms with Crippen LogP contribution in [0.2, 0.25) is 0 Å². The maximum absolute atomic E-state index is 12.2. The molecule has 2 aromatic rings. The summed E-state index contributed by atoms with van der Waals surface area (Å²) in [6.07, 6.45) is 3.31.